The van der Waals surface area contributed by atoms with Gasteiger partial charge in [0.2, 0.25) is 0 Å². The van der Waals surface area contributed by atoms with Gasteiger partial charge in [-0.25, -0.2) is 0 Å². The molecule has 1 aliphatic rings. The number of hydrogen-bond acceptors (Lipinski definition) is 2. The van der Waals surface area contributed by atoms with E-state index in [0.717, 1.165) is 31.6 Å². The van der Waals surface area contributed by atoms with E-state index >= 15 is 0 Å². The van der Waals surface area contributed by atoms with Crippen LogP contribution in [0.3, 0.4) is 0 Å². The van der Waals surface area contributed by atoms with Gasteiger partial charge in [0.25, 0.3) is 0 Å². The maximum Gasteiger partial charge on any atom is 0.119 e. The Morgan fingerprint density at radius 2 is 1.88 bits per heavy atom. The molecule has 1 aliphatic carbocycles. The average molecular weight is 219 g/mol. The monoisotopic (exact) mass is 219 g/mol. The number of aryl methyl sites for hydroxylation is 1. The SMILES string of the molecule is CCN[C@H]1C[C@@H](Oc2ccc(CC)cc2)C1. The van der Waals surface area contributed by atoms with Crippen LogP contribution in [0.2, 0.25) is 0 Å². The van der Waals surface area contributed by atoms with Crippen molar-refractivity contribution in [2.24, 2.45) is 0 Å². The predicted octanol–water partition coefficient (Wildman–Crippen LogP) is 2.77. The van der Waals surface area contributed by atoms with E-state index in [4.69, 9.17) is 4.74 Å². The molecule has 0 aliphatic heterocycles. The van der Waals surface area contributed by atoms with E-state index in [1.807, 2.05) is 0 Å². The molecule has 1 aromatic carbocycles. The summed E-state index contributed by atoms with van der Waals surface area (Å²) < 4.78 is 5.89. The van der Waals surface area contributed by atoms with Crippen LogP contribution < -0.4 is 10.1 Å². The predicted molar refractivity (Wildman–Crippen MR) is 66.9 cm³/mol. The van der Waals surface area contributed by atoms with Gasteiger partial charge in [-0.15, -0.1) is 0 Å². The molecule has 0 atom stereocenters. The molecule has 0 unspecified atom stereocenters. The summed E-state index contributed by atoms with van der Waals surface area (Å²) in [4.78, 5) is 0. The van der Waals surface area contributed by atoms with Crippen molar-refractivity contribution in [1.29, 1.82) is 0 Å². The minimum atomic E-state index is 0.413. The zero-order chi connectivity index (χ0) is 11.4. The summed E-state index contributed by atoms with van der Waals surface area (Å²) in [6.07, 6.45) is 3.79. The van der Waals surface area contributed by atoms with Crippen molar-refractivity contribution in [2.75, 3.05) is 6.54 Å². The third kappa shape index (κ3) is 2.76. The lowest BCUT2D eigenvalue weighted by Crippen LogP contribution is -2.46. The summed E-state index contributed by atoms with van der Waals surface area (Å²) in [6.45, 7) is 5.38. The first kappa shape index (κ1) is 11.5. The molecule has 2 nitrogen and oxygen atoms in total. The summed E-state index contributed by atoms with van der Waals surface area (Å²) in [5.74, 6) is 1.01. The lowest BCUT2D eigenvalue weighted by Gasteiger charge is -2.35. The third-order valence-electron chi connectivity index (χ3n) is 3.22. The topological polar surface area (TPSA) is 21.3 Å². The second-order valence-electron chi connectivity index (χ2n) is 4.46. The number of ether oxygens (including phenoxy) is 1. The van der Waals surface area contributed by atoms with Crippen molar-refractivity contribution in [2.45, 2.75) is 45.3 Å². The second kappa shape index (κ2) is 5.35. The molecule has 2 rings (SSSR count). The van der Waals surface area contributed by atoms with E-state index in [1.54, 1.807) is 0 Å². The smallest absolute Gasteiger partial charge is 0.119 e. The normalized spacial score (nSPS) is 23.9. The molecule has 1 N–H and O–H groups in total. The van der Waals surface area contributed by atoms with Gasteiger partial charge in [0.1, 0.15) is 11.9 Å². The van der Waals surface area contributed by atoms with Crippen molar-refractivity contribution in [1.82, 2.24) is 5.32 Å². The maximum atomic E-state index is 5.89. The number of hydrogen-bond donors (Lipinski definition) is 1. The van der Waals surface area contributed by atoms with Gasteiger partial charge >= 0.3 is 0 Å². The van der Waals surface area contributed by atoms with Crippen LogP contribution in [0.4, 0.5) is 0 Å². The van der Waals surface area contributed by atoms with Crippen molar-refractivity contribution >= 4 is 0 Å². The molecule has 0 heterocycles. The van der Waals surface area contributed by atoms with Crippen molar-refractivity contribution in [3.8, 4) is 5.75 Å². The van der Waals surface area contributed by atoms with E-state index in [0.29, 0.717) is 12.1 Å². The van der Waals surface area contributed by atoms with Gasteiger partial charge in [-0.1, -0.05) is 26.0 Å². The lowest BCUT2D eigenvalue weighted by molar-refractivity contribution is 0.0859. The fourth-order valence-corrected chi connectivity index (χ4v) is 2.11. The van der Waals surface area contributed by atoms with Gasteiger partial charge < -0.3 is 10.1 Å². The molecule has 2 heteroatoms. The number of nitrogens with one attached hydrogen (secondary N) is 1. The van der Waals surface area contributed by atoms with E-state index in [2.05, 4.69) is 43.4 Å². The summed E-state index contributed by atoms with van der Waals surface area (Å²) in [7, 11) is 0. The molecule has 0 bridgehead atoms. The summed E-state index contributed by atoms with van der Waals surface area (Å²) >= 11 is 0. The standard InChI is InChI=1S/C14H21NO/c1-3-11-5-7-13(8-6-11)16-14-9-12(10-14)15-4-2/h5-8,12,14-15H,3-4,9-10H2,1-2H3/t12-,14+. The quantitative estimate of drug-likeness (QED) is 0.822. The van der Waals surface area contributed by atoms with Crippen LogP contribution in [0.25, 0.3) is 0 Å². The Balaban J connectivity index is 1.78. The molecule has 16 heavy (non-hydrogen) atoms. The van der Waals surface area contributed by atoms with Gasteiger partial charge in [-0.2, -0.15) is 0 Å². The second-order valence-corrected chi connectivity index (χ2v) is 4.46. The maximum absolute atomic E-state index is 5.89. The Bertz CT molecular complexity index is 314. The van der Waals surface area contributed by atoms with Crippen molar-refractivity contribution < 1.29 is 4.74 Å². The van der Waals surface area contributed by atoms with E-state index in [1.165, 1.54) is 5.56 Å². The van der Waals surface area contributed by atoms with E-state index in [9.17, 15) is 0 Å². The Kier molecular flexibility index (Phi) is 3.83. The Morgan fingerprint density at radius 1 is 1.19 bits per heavy atom. The first-order valence-corrected chi connectivity index (χ1v) is 6.30. The van der Waals surface area contributed by atoms with E-state index < -0.39 is 0 Å². The highest BCUT2D eigenvalue weighted by atomic mass is 16.5. The first-order chi connectivity index (χ1) is 7.81. The number of rotatable bonds is 5. The molecule has 88 valence electrons. The molecule has 0 saturated heterocycles. The highest BCUT2D eigenvalue weighted by Crippen LogP contribution is 2.26. The minimum absolute atomic E-state index is 0.413. The van der Waals surface area contributed by atoms with Crippen LogP contribution >= 0.6 is 0 Å². The molecule has 0 radical (unpaired) electrons. The van der Waals surface area contributed by atoms with E-state index in [-0.39, 0.29) is 0 Å². The fourth-order valence-electron chi connectivity index (χ4n) is 2.11. The minimum Gasteiger partial charge on any atom is -0.490 e. The Hall–Kier alpha value is -1.02. The molecule has 1 fully saturated rings. The summed E-state index contributed by atoms with van der Waals surface area (Å²) in [5, 5.41) is 3.44. The van der Waals surface area contributed by atoms with Crippen LogP contribution in [0.5, 0.6) is 5.75 Å². The van der Waals surface area contributed by atoms with Crippen LogP contribution in [0, 0.1) is 0 Å². The molecule has 0 spiro atoms. The molecule has 0 aromatic heterocycles. The molecular formula is C14H21NO. The molecule has 1 aromatic rings. The van der Waals surface area contributed by atoms with Gasteiger partial charge in [-0.3, -0.25) is 0 Å². The summed E-state index contributed by atoms with van der Waals surface area (Å²) in [6, 6.07) is 9.13. The molecule has 1 saturated carbocycles. The first-order valence-electron chi connectivity index (χ1n) is 6.30. The highest BCUT2D eigenvalue weighted by molar-refractivity contribution is 5.27. The zero-order valence-electron chi connectivity index (χ0n) is 10.2. The fraction of sp³-hybridized carbons (Fsp3) is 0.571. The molecular weight excluding hydrogens is 198 g/mol. The average Bonchev–Trinajstić information content (AvgIpc) is 2.27. The van der Waals surface area contributed by atoms with Crippen molar-refractivity contribution in [3.05, 3.63) is 29.8 Å². The highest BCUT2D eigenvalue weighted by Gasteiger charge is 2.29. The largest absolute Gasteiger partial charge is 0.490 e. The Labute approximate surface area is 98.0 Å². The lowest BCUT2D eigenvalue weighted by atomic mass is 9.89. The van der Waals surface area contributed by atoms with Crippen LogP contribution in [0.1, 0.15) is 32.3 Å². The van der Waals surface area contributed by atoms with Crippen LogP contribution in [0.15, 0.2) is 24.3 Å². The van der Waals surface area contributed by atoms with Crippen molar-refractivity contribution in [3.63, 3.8) is 0 Å². The third-order valence-corrected chi connectivity index (χ3v) is 3.22. The van der Waals surface area contributed by atoms with Crippen LogP contribution in [-0.2, 0) is 6.42 Å². The van der Waals surface area contributed by atoms with Gasteiger partial charge in [0.15, 0.2) is 0 Å². The zero-order valence-corrected chi connectivity index (χ0v) is 10.2. The summed E-state index contributed by atoms with van der Waals surface area (Å²) in [5.41, 5.74) is 1.37. The Morgan fingerprint density at radius 3 is 2.44 bits per heavy atom. The van der Waals surface area contributed by atoms with Gasteiger partial charge in [0, 0.05) is 6.04 Å². The van der Waals surface area contributed by atoms with Crippen LogP contribution in [-0.4, -0.2) is 18.7 Å². The molecule has 0 amide bonds. The number of benzene rings is 1. The van der Waals surface area contributed by atoms with Gasteiger partial charge in [0.05, 0.1) is 0 Å². The van der Waals surface area contributed by atoms with Gasteiger partial charge in [-0.05, 0) is 43.5 Å².